The van der Waals surface area contributed by atoms with Crippen molar-refractivity contribution in [3.05, 3.63) is 34.9 Å². The Morgan fingerprint density at radius 2 is 2.05 bits per heavy atom. The van der Waals surface area contributed by atoms with Gasteiger partial charge in [0.15, 0.2) is 0 Å². The molecule has 0 radical (unpaired) electrons. The highest BCUT2D eigenvalue weighted by Gasteiger charge is 2.13. The van der Waals surface area contributed by atoms with Crippen LogP contribution in [0.2, 0.25) is 0 Å². The summed E-state index contributed by atoms with van der Waals surface area (Å²) in [5.41, 5.74) is 0.625. The average molecular weight is 260 g/mol. The van der Waals surface area contributed by atoms with Crippen molar-refractivity contribution in [1.82, 2.24) is 9.55 Å². The number of hydrogen-bond acceptors (Lipinski definition) is 3. The second-order valence-electron chi connectivity index (χ2n) is 5.29. The molecule has 1 atom stereocenters. The molecule has 19 heavy (non-hydrogen) atoms. The molecule has 0 aliphatic rings. The quantitative estimate of drug-likeness (QED) is 0.848. The Bertz CT molecular complexity index is 632. The van der Waals surface area contributed by atoms with Crippen molar-refractivity contribution in [2.45, 2.75) is 33.2 Å². The van der Waals surface area contributed by atoms with Gasteiger partial charge in [0.05, 0.1) is 18.8 Å². The van der Waals surface area contributed by atoms with Crippen LogP contribution in [0.25, 0.3) is 10.9 Å². The van der Waals surface area contributed by atoms with Gasteiger partial charge < -0.3 is 4.74 Å². The predicted octanol–water partition coefficient (Wildman–Crippen LogP) is 3.01. The molecule has 1 heterocycles. The van der Waals surface area contributed by atoms with Crippen LogP contribution in [-0.4, -0.2) is 16.7 Å². The summed E-state index contributed by atoms with van der Waals surface area (Å²) < 4.78 is 6.95. The third-order valence-corrected chi connectivity index (χ3v) is 3.28. The summed E-state index contributed by atoms with van der Waals surface area (Å²) >= 11 is 0. The maximum atomic E-state index is 12.5. The zero-order chi connectivity index (χ0) is 14.0. The van der Waals surface area contributed by atoms with Crippen LogP contribution in [0.3, 0.4) is 0 Å². The van der Waals surface area contributed by atoms with E-state index in [4.69, 9.17) is 4.74 Å². The van der Waals surface area contributed by atoms with E-state index in [-0.39, 0.29) is 11.6 Å². The van der Waals surface area contributed by atoms with E-state index in [0.29, 0.717) is 22.6 Å². The number of fused-ring (bicyclic) bond motifs is 1. The minimum atomic E-state index is -0.00273. The molecular weight excluding hydrogens is 240 g/mol. The molecule has 0 aliphatic carbocycles. The van der Waals surface area contributed by atoms with Gasteiger partial charge in [-0.2, -0.15) is 0 Å². The summed E-state index contributed by atoms with van der Waals surface area (Å²) in [5.74, 6) is 1.18. The molecule has 0 spiro atoms. The zero-order valence-corrected chi connectivity index (χ0v) is 11.9. The Morgan fingerprint density at radius 1 is 1.32 bits per heavy atom. The summed E-state index contributed by atoms with van der Waals surface area (Å²) in [6.45, 7) is 6.35. The lowest BCUT2D eigenvalue weighted by Gasteiger charge is -2.17. The number of benzene rings is 1. The summed E-state index contributed by atoms with van der Waals surface area (Å²) in [6, 6.07) is 5.58. The van der Waals surface area contributed by atoms with Gasteiger partial charge in [-0.15, -0.1) is 0 Å². The van der Waals surface area contributed by atoms with E-state index in [1.54, 1.807) is 24.1 Å². The van der Waals surface area contributed by atoms with Crippen molar-refractivity contribution in [2.24, 2.45) is 5.92 Å². The molecule has 0 bridgehead atoms. The molecule has 1 aromatic carbocycles. The highest BCUT2D eigenvalue weighted by atomic mass is 16.5. The van der Waals surface area contributed by atoms with Crippen LogP contribution >= 0.6 is 0 Å². The van der Waals surface area contributed by atoms with Gasteiger partial charge in [-0.1, -0.05) is 19.9 Å². The Hall–Kier alpha value is -1.84. The number of aromatic nitrogens is 2. The monoisotopic (exact) mass is 260 g/mol. The van der Waals surface area contributed by atoms with E-state index in [2.05, 4.69) is 25.8 Å². The van der Waals surface area contributed by atoms with Crippen LogP contribution in [0.5, 0.6) is 5.75 Å². The SMILES string of the molecule is COc1cccc2c(=O)n([C@@H](C)CC(C)C)cnc12. The normalized spacial score (nSPS) is 12.9. The molecule has 4 heteroatoms. The summed E-state index contributed by atoms with van der Waals surface area (Å²) in [4.78, 5) is 16.9. The number of methoxy groups -OCH3 is 1. The molecule has 0 N–H and O–H groups in total. The predicted molar refractivity (Wildman–Crippen MR) is 76.7 cm³/mol. The first kappa shape index (κ1) is 13.6. The van der Waals surface area contributed by atoms with E-state index in [0.717, 1.165) is 6.42 Å². The largest absolute Gasteiger partial charge is 0.494 e. The van der Waals surface area contributed by atoms with E-state index in [1.807, 2.05) is 12.1 Å². The molecule has 0 amide bonds. The number of ether oxygens (including phenoxy) is 1. The number of para-hydroxylation sites is 1. The molecule has 0 unspecified atom stereocenters. The second kappa shape index (κ2) is 5.43. The van der Waals surface area contributed by atoms with Crippen LogP contribution < -0.4 is 10.3 Å². The minimum absolute atomic E-state index is 0.00273. The van der Waals surface area contributed by atoms with Crippen molar-refractivity contribution < 1.29 is 4.74 Å². The Labute approximate surface area is 113 Å². The molecule has 0 fully saturated rings. The molecule has 2 rings (SSSR count). The van der Waals surface area contributed by atoms with Crippen LogP contribution in [0, 0.1) is 5.92 Å². The first-order chi connectivity index (χ1) is 9.04. The first-order valence-corrected chi connectivity index (χ1v) is 6.58. The lowest BCUT2D eigenvalue weighted by Crippen LogP contribution is -2.24. The smallest absolute Gasteiger partial charge is 0.261 e. The van der Waals surface area contributed by atoms with E-state index in [1.165, 1.54) is 0 Å². The van der Waals surface area contributed by atoms with Gasteiger partial charge >= 0.3 is 0 Å². The zero-order valence-electron chi connectivity index (χ0n) is 11.9. The van der Waals surface area contributed by atoms with E-state index in [9.17, 15) is 4.79 Å². The molecule has 2 aromatic rings. The van der Waals surface area contributed by atoms with Gasteiger partial charge in [0, 0.05) is 6.04 Å². The number of rotatable bonds is 4. The Kier molecular flexibility index (Phi) is 3.88. The molecular formula is C15H20N2O2. The van der Waals surface area contributed by atoms with E-state index >= 15 is 0 Å². The maximum absolute atomic E-state index is 12.5. The molecule has 0 saturated heterocycles. The van der Waals surface area contributed by atoms with Gasteiger partial charge in [0.2, 0.25) is 0 Å². The number of nitrogens with zero attached hydrogens (tertiary/aromatic N) is 2. The Balaban J connectivity index is 2.55. The molecule has 1 aromatic heterocycles. The van der Waals surface area contributed by atoms with Gasteiger partial charge in [0.25, 0.3) is 5.56 Å². The number of hydrogen-bond donors (Lipinski definition) is 0. The van der Waals surface area contributed by atoms with E-state index < -0.39 is 0 Å². The average Bonchev–Trinajstić information content (AvgIpc) is 2.37. The van der Waals surface area contributed by atoms with Gasteiger partial charge in [-0.05, 0) is 31.4 Å². The fraction of sp³-hybridized carbons (Fsp3) is 0.467. The topological polar surface area (TPSA) is 44.1 Å². The molecule has 0 aliphatic heterocycles. The maximum Gasteiger partial charge on any atom is 0.261 e. The lowest BCUT2D eigenvalue weighted by molar-refractivity contribution is 0.412. The van der Waals surface area contributed by atoms with Crippen molar-refractivity contribution >= 4 is 10.9 Å². The van der Waals surface area contributed by atoms with Crippen LogP contribution in [0.4, 0.5) is 0 Å². The second-order valence-corrected chi connectivity index (χ2v) is 5.29. The van der Waals surface area contributed by atoms with Crippen molar-refractivity contribution in [3.63, 3.8) is 0 Å². The van der Waals surface area contributed by atoms with Gasteiger partial charge in [-0.25, -0.2) is 4.98 Å². The Morgan fingerprint density at radius 3 is 2.68 bits per heavy atom. The molecule has 4 nitrogen and oxygen atoms in total. The lowest BCUT2D eigenvalue weighted by atomic mass is 10.1. The third-order valence-electron chi connectivity index (χ3n) is 3.28. The van der Waals surface area contributed by atoms with Crippen molar-refractivity contribution in [1.29, 1.82) is 0 Å². The van der Waals surface area contributed by atoms with Gasteiger partial charge in [-0.3, -0.25) is 9.36 Å². The third kappa shape index (κ3) is 2.62. The van der Waals surface area contributed by atoms with Crippen LogP contribution in [0.1, 0.15) is 33.2 Å². The minimum Gasteiger partial charge on any atom is -0.494 e. The summed E-state index contributed by atoms with van der Waals surface area (Å²) in [6.07, 6.45) is 2.58. The van der Waals surface area contributed by atoms with Crippen molar-refractivity contribution in [2.75, 3.05) is 7.11 Å². The fourth-order valence-electron chi connectivity index (χ4n) is 2.41. The fourth-order valence-corrected chi connectivity index (χ4v) is 2.41. The summed E-state index contributed by atoms with van der Waals surface area (Å²) in [7, 11) is 1.59. The van der Waals surface area contributed by atoms with Crippen molar-refractivity contribution in [3.8, 4) is 5.75 Å². The summed E-state index contributed by atoms with van der Waals surface area (Å²) in [5, 5.41) is 0.609. The van der Waals surface area contributed by atoms with Crippen LogP contribution in [0.15, 0.2) is 29.3 Å². The molecule has 0 saturated carbocycles. The first-order valence-electron chi connectivity index (χ1n) is 6.58. The highest BCUT2D eigenvalue weighted by molar-refractivity contribution is 5.83. The molecule has 102 valence electrons. The van der Waals surface area contributed by atoms with Gasteiger partial charge in [0.1, 0.15) is 11.3 Å². The van der Waals surface area contributed by atoms with Crippen LogP contribution in [-0.2, 0) is 0 Å². The highest BCUT2D eigenvalue weighted by Crippen LogP contribution is 2.21. The standard InChI is InChI=1S/C15H20N2O2/c1-10(2)8-11(3)17-9-16-14-12(15(17)18)6-5-7-13(14)19-4/h5-7,9-11H,8H2,1-4H3/t11-/m0/s1.